The summed E-state index contributed by atoms with van der Waals surface area (Å²) < 4.78 is 11.4. The van der Waals surface area contributed by atoms with E-state index >= 15 is 0 Å². The van der Waals surface area contributed by atoms with Gasteiger partial charge in [0.15, 0.2) is 0 Å². The number of allylic oxidation sites excluding steroid dienone is 1. The lowest BCUT2D eigenvalue weighted by molar-refractivity contribution is -0.127. The second kappa shape index (κ2) is 8.76. The summed E-state index contributed by atoms with van der Waals surface area (Å²) in [5.74, 6) is 0.759. The molecule has 1 aliphatic heterocycles. The molecule has 0 radical (unpaired) electrons. The molecule has 3 aromatic rings. The van der Waals surface area contributed by atoms with Crippen molar-refractivity contribution in [1.29, 1.82) is 0 Å². The number of benzene rings is 2. The molecule has 1 aromatic heterocycles. The molecular formula is C25H28N2O3. The number of ether oxygens (including phenoxy) is 1. The van der Waals surface area contributed by atoms with Crippen LogP contribution in [-0.2, 0) is 4.79 Å². The fraction of sp³-hybridized carbons (Fsp3) is 0.320. The van der Waals surface area contributed by atoms with Crippen molar-refractivity contribution in [3.8, 4) is 16.9 Å². The number of carbonyl (C=O) groups is 1. The van der Waals surface area contributed by atoms with Crippen molar-refractivity contribution in [3.63, 3.8) is 0 Å². The van der Waals surface area contributed by atoms with E-state index in [1.54, 1.807) is 19.4 Å². The first-order valence-electron chi connectivity index (χ1n) is 10.4. The summed E-state index contributed by atoms with van der Waals surface area (Å²) in [4.78, 5) is 17.1. The number of rotatable bonds is 5. The summed E-state index contributed by atoms with van der Waals surface area (Å²) >= 11 is 0. The minimum absolute atomic E-state index is 0.0564. The van der Waals surface area contributed by atoms with Crippen LogP contribution < -0.4 is 4.74 Å². The Labute approximate surface area is 177 Å². The SMILES string of the molecule is CCN1CCN(C(=O)/C=C(\C)c2cc3c(-c4ccccc4)coc3cc2OC)CC1. The fourth-order valence-electron chi connectivity index (χ4n) is 4.01. The number of hydrogen-bond donors (Lipinski definition) is 0. The number of furan rings is 1. The molecule has 1 saturated heterocycles. The first-order chi connectivity index (χ1) is 14.6. The number of methoxy groups -OCH3 is 1. The maximum absolute atomic E-state index is 12.9. The van der Waals surface area contributed by atoms with Gasteiger partial charge in [-0.2, -0.15) is 0 Å². The summed E-state index contributed by atoms with van der Waals surface area (Å²) in [6.07, 6.45) is 3.51. The van der Waals surface area contributed by atoms with Crippen molar-refractivity contribution in [2.75, 3.05) is 39.8 Å². The van der Waals surface area contributed by atoms with Gasteiger partial charge in [-0.25, -0.2) is 0 Å². The Bertz CT molecular complexity index is 1060. The van der Waals surface area contributed by atoms with E-state index in [0.29, 0.717) is 5.75 Å². The van der Waals surface area contributed by atoms with E-state index in [9.17, 15) is 4.79 Å². The van der Waals surface area contributed by atoms with Crippen LogP contribution in [0.25, 0.3) is 27.7 Å². The monoisotopic (exact) mass is 404 g/mol. The first kappa shape index (κ1) is 20.2. The summed E-state index contributed by atoms with van der Waals surface area (Å²) in [7, 11) is 1.64. The molecule has 1 amide bonds. The Balaban J connectivity index is 1.66. The number of nitrogens with zero attached hydrogens (tertiary/aromatic N) is 2. The third-order valence-electron chi connectivity index (χ3n) is 5.88. The molecule has 0 atom stereocenters. The minimum atomic E-state index is 0.0564. The molecular weight excluding hydrogens is 376 g/mol. The average molecular weight is 405 g/mol. The summed E-state index contributed by atoms with van der Waals surface area (Å²) in [5, 5.41) is 1.01. The predicted octanol–water partition coefficient (Wildman–Crippen LogP) is 4.68. The number of likely N-dealkylation sites (N-methyl/N-ethyl adjacent to an activating group) is 1. The zero-order valence-corrected chi connectivity index (χ0v) is 17.9. The van der Waals surface area contributed by atoms with Crippen molar-refractivity contribution in [3.05, 3.63) is 60.4 Å². The second-order valence-corrected chi connectivity index (χ2v) is 7.65. The molecule has 0 aliphatic carbocycles. The molecule has 1 fully saturated rings. The number of fused-ring (bicyclic) bond motifs is 1. The quantitative estimate of drug-likeness (QED) is 0.580. The Hall–Kier alpha value is -3.05. The Morgan fingerprint density at radius 3 is 2.53 bits per heavy atom. The smallest absolute Gasteiger partial charge is 0.246 e. The van der Waals surface area contributed by atoms with Gasteiger partial charge in [0.2, 0.25) is 5.91 Å². The molecule has 156 valence electrons. The van der Waals surface area contributed by atoms with Gasteiger partial charge in [0.05, 0.1) is 13.4 Å². The lowest BCUT2D eigenvalue weighted by Gasteiger charge is -2.33. The van der Waals surface area contributed by atoms with Gasteiger partial charge >= 0.3 is 0 Å². The molecule has 4 rings (SSSR count). The van der Waals surface area contributed by atoms with E-state index in [1.165, 1.54) is 0 Å². The van der Waals surface area contributed by atoms with Gasteiger partial charge < -0.3 is 19.0 Å². The molecule has 0 saturated carbocycles. The van der Waals surface area contributed by atoms with Crippen LogP contribution in [0.2, 0.25) is 0 Å². The molecule has 30 heavy (non-hydrogen) atoms. The molecule has 0 bridgehead atoms. The van der Waals surface area contributed by atoms with Crippen LogP contribution in [0.1, 0.15) is 19.4 Å². The van der Waals surface area contributed by atoms with Crippen LogP contribution in [0.5, 0.6) is 5.75 Å². The van der Waals surface area contributed by atoms with Crippen LogP contribution in [0.4, 0.5) is 0 Å². The molecule has 0 unspecified atom stereocenters. The zero-order chi connectivity index (χ0) is 21.1. The van der Waals surface area contributed by atoms with Gasteiger partial charge in [-0.3, -0.25) is 4.79 Å². The first-order valence-corrected chi connectivity index (χ1v) is 10.4. The topological polar surface area (TPSA) is 45.9 Å². The Kier molecular flexibility index (Phi) is 5.91. The summed E-state index contributed by atoms with van der Waals surface area (Å²) in [6.45, 7) is 8.55. The predicted molar refractivity (Wildman–Crippen MR) is 121 cm³/mol. The second-order valence-electron chi connectivity index (χ2n) is 7.65. The highest BCUT2D eigenvalue weighted by molar-refractivity contribution is 6.00. The van der Waals surface area contributed by atoms with E-state index in [1.807, 2.05) is 36.1 Å². The van der Waals surface area contributed by atoms with Crippen molar-refractivity contribution >= 4 is 22.4 Å². The fourth-order valence-corrected chi connectivity index (χ4v) is 4.01. The highest BCUT2D eigenvalue weighted by Crippen LogP contribution is 2.37. The third kappa shape index (κ3) is 3.98. The lowest BCUT2D eigenvalue weighted by atomic mass is 9.99. The van der Waals surface area contributed by atoms with Crippen LogP contribution in [-0.4, -0.2) is 55.5 Å². The number of amides is 1. The standard InChI is InChI=1S/C25H28N2O3/c1-4-26-10-12-27(13-11-26)25(28)14-18(2)20-15-21-22(19-8-6-5-7-9-19)17-30-24(21)16-23(20)29-3/h5-9,14-17H,4,10-13H2,1-3H3/b18-14+. The third-order valence-corrected chi connectivity index (χ3v) is 5.88. The van der Waals surface area contributed by atoms with Crippen molar-refractivity contribution in [2.45, 2.75) is 13.8 Å². The van der Waals surface area contributed by atoms with Crippen LogP contribution in [0.15, 0.2) is 59.2 Å². The van der Waals surface area contributed by atoms with E-state index in [0.717, 1.165) is 66.0 Å². The van der Waals surface area contributed by atoms with Gasteiger partial charge in [-0.05, 0) is 30.7 Å². The normalized spacial score (nSPS) is 15.6. The van der Waals surface area contributed by atoms with Gasteiger partial charge in [-0.15, -0.1) is 0 Å². The number of carbonyl (C=O) groups excluding carboxylic acids is 1. The lowest BCUT2D eigenvalue weighted by Crippen LogP contribution is -2.48. The van der Waals surface area contributed by atoms with Crippen LogP contribution in [0.3, 0.4) is 0 Å². The molecule has 5 nitrogen and oxygen atoms in total. The van der Waals surface area contributed by atoms with Gasteiger partial charge in [-0.1, -0.05) is 37.3 Å². The Morgan fingerprint density at radius 2 is 1.87 bits per heavy atom. The summed E-state index contributed by atoms with van der Waals surface area (Å²) in [5.41, 5.74) is 4.69. The van der Waals surface area contributed by atoms with Crippen molar-refractivity contribution in [2.24, 2.45) is 0 Å². The van der Waals surface area contributed by atoms with Gasteiger partial charge in [0.1, 0.15) is 11.3 Å². The van der Waals surface area contributed by atoms with Crippen molar-refractivity contribution in [1.82, 2.24) is 9.80 Å². The number of hydrogen-bond acceptors (Lipinski definition) is 4. The van der Waals surface area contributed by atoms with Crippen LogP contribution >= 0.6 is 0 Å². The molecule has 2 aromatic carbocycles. The summed E-state index contributed by atoms with van der Waals surface area (Å²) in [6, 6.07) is 14.1. The zero-order valence-electron chi connectivity index (χ0n) is 17.9. The average Bonchev–Trinajstić information content (AvgIpc) is 3.21. The van der Waals surface area contributed by atoms with E-state index < -0.39 is 0 Å². The molecule has 0 N–H and O–H groups in total. The van der Waals surface area contributed by atoms with Crippen molar-refractivity contribution < 1.29 is 13.9 Å². The molecule has 1 aliphatic rings. The maximum atomic E-state index is 12.9. The molecule has 0 spiro atoms. The largest absolute Gasteiger partial charge is 0.496 e. The van der Waals surface area contributed by atoms with E-state index in [2.05, 4.69) is 30.0 Å². The van der Waals surface area contributed by atoms with E-state index in [-0.39, 0.29) is 5.91 Å². The van der Waals surface area contributed by atoms with E-state index in [4.69, 9.17) is 9.15 Å². The maximum Gasteiger partial charge on any atom is 0.246 e. The molecule has 5 heteroatoms. The Morgan fingerprint density at radius 1 is 1.13 bits per heavy atom. The van der Waals surface area contributed by atoms with Gasteiger partial charge in [0, 0.05) is 54.8 Å². The highest BCUT2D eigenvalue weighted by Gasteiger charge is 2.20. The highest BCUT2D eigenvalue weighted by atomic mass is 16.5. The molecule has 2 heterocycles. The van der Waals surface area contributed by atoms with Crippen LogP contribution in [0, 0.1) is 0 Å². The number of piperazine rings is 1. The minimum Gasteiger partial charge on any atom is -0.496 e. The van der Waals surface area contributed by atoms with Gasteiger partial charge in [0.25, 0.3) is 0 Å².